The number of pyridine rings is 3. The molecule has 0 saturated heterocycles. The van der Waals surface area contributed by atoms with E-state index >= 15 is 0 Å². The lowest BCUT2D eigenvalue weighted by Gasteiger charge is -2.28. The highest BCUT2D eigenvalue weighted by molar-refractivity contribution is 5.64. The Morgan fingerprint density at radius 3 is 1.30 bits per heavy atom. The van der Waals surface area contributed by atoms with Crippen molar-refractivity contribution in [3.8, 4) is 22.8 Å². The van der Waals surface area contributed by atoms with Crippen LogP contribution in [-0.2, 0) is 10.4 Å². The molecule has 2 radical (unpaired) electrons. The van der Waals surface area contributed by atoms with E-state index in [1.54, 1.807) is 36.7 Å². The summed E-state index contributed by atoms with van der Waals surface area (Å²) in [5.74, 6) is 0. The third kappa shape index (κ3) is 4.75. The molecule has 0 fully saturated rings. The minimum absolute atomic E-state index is 0.501. The zero-order chi connectivity index (χ0) is 22.1. The SMILES string of the molecule is CC(C)(C)N([O])c1ccc(-c2cccc(-c3ccc(N([O])C(C)(C)C)cn3)n2)nc1. The Bertz CT molecular complexity index is 911. The predicted octanol–water partition coefficient (Wildman–Crippen LogP) is 5.11. The molecule has 0 aliphatic carbocycles. The van der Waals surface area contributed by atoms with Crippen molar-refractivity contribution in [2.45, 2.75) is 52.6 Å². The van der Waals surface area contributed by atoms with Crippen LogP contribution in [0.3, 0.4) is 0 Å². The molecule has 3 aromatic rings. The molecule has 0 aliphatic heterocycles. The van der Waals surface area contributed by atoms with Gasteiger partial charge in [0.15, 0.2) is 0 Å². The molecule has 3 aromatic heterocycles. The van der Waals surface area contributed by atoms with Crippen LogP contribution in [0, 0.1) is 0 Å². The number of hydrogen-bond acceptors (Lipinski definition) is 5. The number of aromatic nitrogens is 3. The molecule has 7 heteroatoms. The molecule has 0 N–H and O–H groups in total. The average Bonchev–Trinajstić information content (AvgIpc) is 2.71. The van der Waals surface area contributed by atoms with Gasteiger partial charge in [-0.05, 0) is 77.9 Å². The van der Waals surface area contributed by atoms with Crippen LogP contribution in [0.15, 0.2) is 54.9 Å². The van der Waals surface area contributed by atoms with Gasteiger partial charge in [-0.1, -0.05) is 16.5 Å². The van der Waals surface area contributed by atoms with Crippen molar-refractivity contribution in [1.82, 2.24) is 15.0 Å². The highest BCUT2D eigenvalue weighted by Crippen LogP contribution is 2.26. The topological polar surface area (TPSA) is 85.0 Å². The molecular formula is C23H27N5O2. The molecule has 0 amide bonds. The maximum atomic E-state index is 12.3. The Hall–Kier alpha value is -3.03. The minimum atomic E-state index is -0.536. The van der Waals surface area contributed by atoms with Crippen LogP contribution in [0.5, 0.6) is 0 Å². The molecule has 30 heavy (non-hydrogen) atoms. The van der Waals surface area contributed by atoms with Gasteiger partial charge < -0.3 is 0 Å². The van der Waals surface area contributed by atoms with E-state index in [4.69, 9.17) is 0 Å². The van der Waals surface area contributed by atoms with Crippen LogP contribution in [0.2, 0.25) is 0 Å². The summed E-state index contributed by atoms with van der Waals surface area (Å²) in [6, 6.07) is 12.7. The van der Waals surface area contributed by atoms with Crippen molar-refractivity contribution in [1.29, 1.82) is 0 Å². The fraction of sp³-hybridized carbons (Fsp3) is 0.348. The van der Waals surface area contributed by atoms with Crippen LogP contribution in [0.25, 0.3) is 22.8 Å². The molecule has 7 nitrogen and oxygen atoms in total. The summed E-state index contributed by atoms with van der Waals surface area (Å²) in [4.78, 5) is 13.5. The molecule has 0 bridgehead atoms. The molecule has 156 valence electrons. The number of hydroxylamine groups is 2. The zero-order valence-corrected chi connectivity index (χ0v) is 18.2. The monoisotopic (exact) mass is 405 g/mol. The Morgan fingerprint density at radius 1 is 0.600 bits per heavy atom. The van der Waals surface area contributed by atoms with Gasteiger partial charge in [-0.2, -0.15) is 0 Å². The van der Waals surface area contributed by atoms with Crippen LogP contribution >= 0.6 is 0 Å². The number of rotatable bonds is 4. The Kier molecular flexibility index (Phi) is 5.78. The van der Waals surface area contributed by atoms with E-state index in [2.05, 4.69) is 15.0 Å². The fourth-order valence-electron chi connectivity index (χ4n) is 2.81. The third-order valence-corrected chi connectivity index (χ3v) is 4.46. The zero-order valence-electron chi connectivity index (χ0n) is 18.2. The first-order valence-corrected chi connectivity index (χ1v) is 9.81. The Labute approximate surface area is 177 Å². The second-order valence-electron chi connectivity index (χ2n) is 9.14. The van der Waals surface area contributed by atoms with Crippen molar-refractivity contribution in [2.24, 2.45) is 0 Å². The van der Waals surface area contributed by atoms with E-state index in [9.17, 15) is 10.4 Å². The first-order valence-electron chi connectivity index (χ1n) is 9.81. The molecule has 3 heterocycles. The van der Waals surface area contributed by atoms with Crippen molar-refractivity contribution in [2.75, 3.05) is 10.1 Å². The third-order valence-electron chi connectivity index (χ3n) is 4.46. The van der Waals surface area contributed by atoms with E-state index in [-0.39, 0.29) is 0 Å². The van der Waals surface area contributed by atoms with Crippen molar-refractivity contribution >= 4 is 11.4 Å². The lowest BCUT2D eigenvalue weighted by molar-refractivity contribution is 0.102. The maximum absolute atomic E-state index is 12.3. The minimum Gasteiger partial charge on any atom is -0.252 e. The number of anilines is 2. The van der Waals surface area contributed by atoms with Crippen LogP contribution < -0.4 is 10.1 Å². The van der Waals surface area contributed by atoms with Crippen molar-refractivity contribution in [3.05, 3.63) is 54.9 Å². The maximum Gasteiger partial charge on any atom is 0.0894 e. The summed E-state index contributed by atoms with van der Waals surface area (Å²) in [6.07, 6.45) is 3.12. The summed E-state index contributed by atoms with van der Waals surface area (Å²) in [6.45, 7) is 11.1. The van der Waals surface area contributed by atoms with Crippen LogP contribution in [0.1, 0.15) is 41.5 Å². The van der Waals surface area contributed by atoms with Gasteiger partial charge in [0.1, 0.15) is 0 Å². The summed E-state index contributed by atoms with van der Waals surface area (Å²) in [5, 5.41) is 26.5. The lowest BCUT2D eigenvalue weighted by Crippen LogP contribution is -2.37. The molecule has 0 saturated carbocycles. The van der Waals surface area contributed by atoms with E-state index in [0.29, 0.717) is 34.2 Å². The van der Waals surface area contributed by atoms with Gasteiger partial charge in [0.05, 0.1) is 57.6 Å². The Balaban J connectivity index is 1.85. The van der Waals surface area contributed by atoms with Gasteiger partial charge in [0.2, 0.25) is 0 Å². The molecular weight excluding hydrogens is 378 g/mol. The highest BCUT2D eigenvalue weighted by Gasteiger charge is 2.23. The summed E-state index contributed by atoms with van der Waals surface area (Å²) in [7, 11) is 0. The summed E-state index contributed by atoms with van der Waals surface area (Å²) in [5.41, 5.74) is 2.62. The van der Waals surface area contributed by atoms with Crippen LogP contribution in [-0.4, -0.2) is 26.0 Å². The fourth-order valence-corrected chi connectivity index (χ4v) is 2.81. The quantitative estimate of drug-likeness (QED) is 0.563. The van der Waals surface area contributed by atoms with Gasteiger partial charge in [-0.15, -0.1) is 0 Å². The van der Waals surface area contributed by atoms with Gasteiger partial charge in [0, 0.05) is 0 Å². The number of nitrogens with zero attached hydrogens (tertiary/aromatic N) is 5. The normalized spacial score (nSPS) is 12.0. The highest BCUT2D eigenvalue weighted by atomic mass is 16.5. The molecule has 0 spiro atoms. The van der Waals surface area contributed by atoms with Gasteiger partial charge in [-0.3, -0.25) is 9.97 Å². The van der Waals surface area contributed by atoms with E-state index in [1.807, 2.05) is 59.7 Å². The van der Waals surface area contributed by atoms with Crippen molar-refractivity contribution in [3.63, 3.8) is 0 Å². The van der Waals surface area contributed by atoms with Crippen molar-refractivity contribution < 1.29 is 10.4 Å². The number of hydrogen-bond donors (Lipinski definition) is 0. The van der Waals surface area contributed by atoms with Crippen LogP contribution in [0.4, 0.5) is 11.4 Å². The first-order chi connectivity index (χ1) is 14.0. The smallest absolute Gasteiger partial charge is 0.0894 e. The lowest BCUT2D eigenvalue weighted by atomic mass is 10.1. The largest absolute Gasteiger partial charge is 0.252 e. The van der Waals surface area contributed by atoms with Gasteiger partial charge in [0.25, 0.3) is 0 Å². The average molecular weight is 406 g/mol. The second kappa shape index (κ2) is 8.01. The molecule has 3 rings (SSSR count). The molecule has 0 aromatic carbocycles. The van der Waals surface area contributed by atoms with E-state index in [0.717, 1.165) is 10.1 Å². The second-order valence-corrected chi connectivity index (χ2v) is 9.14. The van der Waals surface area contributed by atoms with E-state index in [1.165, 1.54) is 0 Å². The first kappa shape index (κ1) is 21.7. The molecule has 0 unspecified atom stereocenters. The summed E-state index contributed by atoms with van der Waals surface area (Å²) < 4.78 is 0. The van der Waals surface area contributed by atoms with Gasteiger partial charge >= 0.3 is 0 Å². The van der Waals surface area contributed by atoms with E-state index < -0.39 is 11.1 Å². The molecule has 0 aliphatic rings. The molecule has 0 atom stereocenters. The standard InChI is InChI=1S/C23H27N5O2/c1-22(2,3)27(29)16-10-12-18(24-14-16)20-8-7-9-21(26-20)19-13-11-17(15-25-19)28(30)23(4,5)6/h7-15H,1-6H3. The predicted molar refractivity (Wildman–Crippen MR) is 117 cm³/mol. The summed E-state index contributed by atoms with van der Waals surface area (Å²) >= 11 is 0. The Morgan fingerprint density at radius 2 is 1.00 bits per heavy atom. The van der Waals surface area contributed by atoms with Gasteiger partial charge in [-0.25, -0.2) is 15.1 Å².